The van der Waals surface area contributed by atoms with Crippen molar-refractivity contribution in [3.63, 3.8) is 0 Å². The van der Waals surface area contributed by atoms with E-state index in [0.717, 1.165) is 16.5 Å². The molecule has 0 N–H and O–H groups in total. The Hall–Kier alpha value is -2.96. The van der Waals surface area contributed by atoms with E-state index in [2.05, 4.69) is 0 Å². The molecule has 0 fully saturated rings. The van der Waals surface area contributed by atoms with Crippen molar-refractivity contribution in [1.29, 1.82) is 0 Å². The van der Waals surface area contributed by atoms with Crippen LogP contribution >= 0.6 is 0 Å². The largest absolute Gasteiger partial charge is 0.268 e. The predicted octanol–water partition coefficient (Wildman–Crippen LogP) is 5.27. The van der Waals surface area contributed by atoms with Crippen molar-refractivity contribution >= 4 is 37.8 Å². The van der Waals surface area contributed by atoms with Gasteiger partial charge in [-0.3, -0.25) is 0 Å². The van der Waals surface area contributed by atoms with Crippen LogP contribution in [0.1, 0.15) is 16.8 Å². The van der Waals surface area contributed by atoms with E-state index in [4.69, 9.17) is 0 Å². The Morgan fingerprint density at radius 2 is 1.47 bits per heavy atom. The van der Waals surface area contributed by atoms with Crippen molar-refractivity contribution in [3.05, 3.63) is 101 Å². The summed E-state index contributed by atoms with van der Waals surface area (Å²) in [6, 6.07) is 23.3. The Morgan fingerprint density at radius 3 is 2.17 bits per heavy atom. The highest BCUT2D eigenvalue weighted by Crippen LogP contribution is 2.31. The number of rotatable bonds is 5. The lowest BCUT2D eigenvalue weighted by molar-refractivity contribution is 0.588. The minimum absolute atomic E-state index is 0.229. The molecule has 0 saturated carbocycles. The number of para-hydroxylation sites is 1. The van der Waals surface area contributed by atoms with Crippen LogP contribution < -0.4 is 0 Å². The normalized spacial score (nSPS) is 13.1. The second-order valence-corrected chi connectivity index (χ2v) is 10.1. The molecule has 0 aliphatic heterocycles. The molecule has 4 rings (SSSR count). The molecular formula is C24H21NO3S2. The van der Waals surface area contributed by atoms with E-state index in [1.54, 1.807) is 54.8 Å². The molecule has 0 unspecified atom stereocenters. The van der Waals surface area contributed by atoms with Gasteiger partial charge in [0.05, 0.1) is 21.2 Å². The van der Waals surface area contributed by atoms with Gasteiger partial charge in [-0.05, 0) is 50.3 Å². The number of hydrogen-bond acceptors (Lipinski definition) is 3. The second-order valence-electron chi connectivity index (χ2n) is 7.01. The lowest BCUT2D eigenvalue weighted by atomic mass is 10.1. The molecule has 1 atom stereocenters. The average molecular weight is 436 g/mol. The Bertz CT molecular complexity index is 1370. The first-order chi connectivity index (χ1) is 14.4. The fourth-order valence-electron chi connectivity index (χ4n) is 3.46. The summed E-state index contributed by atoms with van der Waals surface area (Å²) >= 11 is 0. The highest BCUT2D eigenvalue weighted by molar-refractivity contribution is 7.90. The summed E-state index contributed by atoms with van der Waals surface area (Å²) < 4.78 is 40.8. The van der Waals surface area contributed by atoms with E-state index in [9.17, 15) is 12.6 Å². The van der Waals surface area contributed by atoms with E-state index < -0.39 is 20.8 Å². The van der Waals surface area contributed by atoms with Crippen LogP contribution in [0, 0.1) is 13.8 Å². The molecule has 6 heteroatoms. The zero-order valence-electron chi connectivity index (χ0n) is 16.6. The first-order valence-corrected chi connectivity index (χ1v) is 12.1. The van der Waals surface area contributed by atoms with Gasteiger partial charge in [0.1, 0.15) is 0 Å². The van der Waals surface area contributed by atoms with Gasteiger partial charge in [-0.25, -0.2) is 16.6 Å². The summed E-state index contributed by atoms with van der Waals surface area (Å²) in [6.07, 6.45) is 1.75. The number of nitrogens with zero attached hydrogens (tertiary/aromatic N) is 1. The third-order valence-electron chi connectivity index (χ3n) is 5.00. The fourth-order valence-corrected chi connectivity index (χ4v) is 5.87. The first-order valence-electron chi connectivity index (χ1n) is 9.46. The molecular weight excluding hydrogens is 414 g/mol. The molecule has 152 valence electrons. The van der Waals surface area contributed by atoms with Crippen LogP contribution in [0.25, 0.3) is 17.0 Å². The summed E-state index contributed by atoms with van der Waals surface area (Å²) in [6.45, 7) is 3.75. The zero-order chi connectivity index (χ0) is 21.3. The Kier molecular flexibility index (Phi) is 5.45. The van der Waals surface area contributed by atoms with Crippen molar-refractivity contribution in [2.24, 2.45) is 0 Å². The molecule has 4 nitrogen and oxygen atoms in total. The van der Waals surface area contributed by atoms with Crippen LogP contribution in [0.3, 0.4) is 0 Å². The van der Waals surface area contributed by atoms with Crippen LogP contribution in [0.4, 0.5) is 0 Å². The van der Waals surface area contributed by atoms with Gasteiger partial charge in [0.25, 0.3) is 10.0 Å². The SMILES string of the molecule is Cc1ccc([S@](=O)/C=C/c2c(C)n(S(=O)(=O)c3ccccc3)c3ccccc23)cc1. The Labute approximate surface area is 179 Å². The molecule has 0 amide bonds. The topological polar surface area (TPSA) is 56.1 Å². The van der Waals surface area contributed by atoms with Crippen molar-refractivity contribution in [3.8, 4) is 0 Å². The van der Waals surface area contributed by atoms with Gasteiger partial charge in [0, 0.05) is 26.9 Å². The number of aromatic nitrogens is 1. The van der Waals surface area contributed by atoms with Crippen molar-refractivity contribution < 1.29 is 12.6 Å². The molecule has 0 saturated heterocycles. The quantitative estimate of drug-likeness (QED) is 0.429. The van der Waals surface area contributed by atoms with Crippen molar-refractivity contribution in [2.45, 2.75) is 23.6 Å². The summed E-state index contributed by atoms with van der Waals surface area (Å²) in [4.78, 5) is 0.933. The molecule has 0 bridgehead atoms. The highest BCUT2D eigenvalue weighted by atomic mass is 32.2. The summed E-state index contributed by atoms with van der Waals surface area (Å²) in [5.74, 6) is 0. The van der Waals surface area contributed by atoms with Crippen LogP contribution in [-0.2, 0) is 20.8 Å². The maximum absolute atomic E-state index is 13.4. The minimum Gasteiger partial charge on any atom is -0.250 e. The van der Waals surface area contributed by atoms with Crippen LogP contribution in [0.2, 0.25) is 0 Å². The maximum atomic E-state index is 13.4. The minimum atomic E-state index is -3.76. The molecule has 3 aromatic carbocycles. The lowest BCUT2D eigenvalue weighted by Gasteiger charge is -2.10. The average Bonchev–Trinajstić information content (AvgIpc) is 3.05. The number of benzene rings is 3. The van der Waals surface area contributed by atoms with Crippen LogP contribution in [0.15, 0.2) is 94.1 Å². The standard InChI is InChI=1S/C24H21NO3S2/c1-18-12-14-20(15-13-18)29(26)17-16-22-19(2)25(24-11-7-6-10-23(22)24)30(27,28)21-8-4-3-5-9-21/h3-17H,1-2H3/b17-16+/t29-/m1/s1. The van der Waals surface area contributed by atoms with Crippen molar-refractivity contribution in [2.75, 3.05) is 0 Å². The van der Waals surface area contributed by atoms with Gasteiger partial charge in [-0.2, -0.15) is 0 Å². The number of hydrogen-bond donors (Lipinski definition) is 0. The highest BCUT2D eigenvalue weighted by Gasteiger charge is 2.23. The summed E-state index contributed by atoms with van der Waals surface area (Å²) in [5.41, 5.74) is 3.02. The molecule has 30 heavy (non-hydrogen) atoms. The Morgan fingerprint density at radius 1 is 0.833 bits per heavy atom. The van der Waals surface area contributed by atoms with E-state index in [1.807, 2.05) is 49.4 Å². The first kappa shape index (κ1) is 20.3. The zero-order valence-corrected chi connectivity index (χ0v) is 18.3. The fraction of sp³-hybridized carbons (Fsp3) is 0.0833. The molecule has 1 aromatic heterocycles. The Balaban J connectivity index is 1.84. The molecule has 4 aromatic rings. The van der Waals surface area contributed by atoms with Crippen LogP contribution in [0.5, 0.6) is 0 Å². The molecule has 1 heterocycles. The smallest absolute Gasteiger partial charge is 0.250 e. The molecule has 0 aliphatic rings. The van der Waals surface area contributed by atoms with Crippen LogP contribution in [-0.4, -0.2) is 16.6 Å². The van der Waals surface area contributed by atoms with Crippen molar-refractivity contribution in [1.82, 2.24) is 3.97 Å². The van der Waals surface area contributed by atoms with Gasteiger partial charge >= 0.3 is 0 Å². The van der Waals surface area contributed by atoms with Gasteiger partial charge in [0.15, 0.2) is 0 Å². The number of fused-ring (bicyclic) bond motifs is 1. The van der Waals surface area contributed by atoms with E-state index in [-0.39, 0.29) is 4.90 Å². The van der Waals surface area contributed by atoms with E-state index in [1.165, 1.54) is 3.97 Å². The van der Waals surface area contributed by atoms with E-state index in [0.29, 0.717) is 16.1 Å². The predicted molar refractivity (Wildman–Crippen MR) is 122 cm³/mol. The maximum Gasteiger partial charge on any atom is 0.268 e. The van der Waals surface area contributed by atoms with Gasteiger partial charge in [0.2, 0.25) is 0 Å². The summed E-state index contributed by atoms with van der Waals surface area (Å²) in [5, 5.41) is 2.41. The molecule has 0 radical (unpaired) electrons. The molecule has 0 aliphatic carbocycles. The third-order valence-corrected chi connectivity index (χ3v) is 7.94. The third kappa shape index (κ3) is 3.64. The monoisotopic (exact) mass is 435 g/mol. The second kappa shape index (κ2) is 8.05. The number of aryl methyl sites for hydroxylation is 1. The van der Waals surface area contributed by atoms with E-state index >= 15 is 0 Å². The van der Waals surface area contributed by atoms with Gasteiger partial charge in [-0.1, -0.05) is 54.1 Å². The molecule has 0 spiro atoms. The van der Waals surface area contributed by atoms with Gasteiger partial charge in [-0.15, -0.1) is 0 Å². The van der Waals surface area contributed by atoms with Gasteiger partial charge < -0.3 is 0 Å². The lowest BCUT2D eigenvalue weighted by Crippen LogP contribution is -2.14. The summed E-state index contributed by atoms with van der Waals surface area (Å²) in [7, 11) is -5.09.